The van der Waals surface area contributed by atoms with E-state index >= 15 is 0 Å². The van der Waals surface area contributed by atoms with Gasteiger partial charge in [0.1, 0.15) is 11.8 Å². The number of carbonyl (C=O) groups is 1. The summed E-state index contributed by atoms with van der Waals surface area (Å²) in [7, 11) is 0. The highest BCUT2D eigenvalue weighted by atomic mass is 16.5. The molecule has 2 aromatic carbocycles. The average Bonchev–Trinajstić information content (AvgIpc) is 3.34. The van der Waals surface area contributed by atoms with Crippen LogP contribution in [0, 0.1) is 29.1 Å². The van der Waals surface area contributed by atoms with E-state index in [1.165, 1.54) is 24.8 Å². The zero-order chi connectivity index (χ0) is 19.3. The van der Waals surface area contributed by atoms with Crippen LogP contribution in [0.25, 0.3) is 0 Å². The molecular weight excluding hydrogens is 352 g/mol. The Morgan fingerprint density at radius 3 is 2.71 bits per heavy atom. The molecule has 2 bridgehead atoms. The summed E-state index contributed by atoms with van der Waals surface area (Å²) in [4.78, 5) is 11.8. The molecule has 0 spiro atoms. The van der Waals surface area contributed by atoms with Gasteiger partial charge in [-0.3, -0.25) is 0 Å². The third-order valence-electron chi connectivity index (χ3n) is 6.89. The topological polar surface area (TPSA) is 82.3 Å². The van der Waals surface area contributed by atoms with E-state index in [0.717, 1.165) is 11.3 Å². The van der Waals surface area contributed by atoms with Gasteiger partial charge in [-0.15, -0.1) is 0 Å². The zero-order valence-corrected chi connectivity index (χ0v) is 15.5. The molecule has 2 saturated carbocycles. The SMILES string of the molecule is N#CCOc1ccc([C@@H]2Nc3c(C(=O)O)cccc3[C@@H]3[C@H]4CC[C@@H](C4)[C@H]32)cc1. The lowest BCUT2D eigenvalue weighted by Gasteiger charge is -2.44. The molecule has 0 amide bonds. The van der Waals surface area contributed by atoms with Crippen molar-refractivity contribution in [2.45, 2.75) is 31.2 Å². The van der Waals surface area contributed by atoms with Crippen molar-refractivity contribution in [3.8, 4) is 11.8 Å². The van der Waals surface area contributed by atoms with Gasteiger partial charge in [0, 0.05) is 0 Å². The van der Waals surface area contributed by atoms with Gasteiger partial charge in [-0.05, 0) is 72.3 Å². The number of hydrogen-bond acceptors (Lipinski definition) is 4. The van der Waals surface area contributed by atoms with Gasteiger partial charge in [-0.25, -0.2) is 4.79 Å². The predicted molar refractivity (Wildman–Crippen MR) is 104 cm³/mol. The van der Waals surface area contributed by atoms with Crippen molar-refractivity contribution >= 4 is 11.7 Å². The first-order valence-corrected chi connectivity index (χ1v) is 9.90. The maximum absolute atomic E-state index is 11.8. The first-order chi connectivity index (χ1) is 13.7. The molecule has 0 unspecified atom stereocenters. The van der Waals surface area contributed by atoms with Crippen molar-refractivity contribution in [2.75, 3.05) is 11.9 Å². The zero-order valence-electron chi connectivity index (χ0n) is 15.5. The third-order valence-corrected chi connectivity index (χ3v) is 6.89. The van der Waals surface area contributed by atoms with Gasteiger partial charge in [-0.2, -0.15) is 5.26 Å². The van der Waals surface area contributed by atoms with E-state index in [2.05, 4.69) is 11.4 Å². The fourth-order valence-electron chi connectivity index (χ4n) is 5.91. The van der Waals surface area contributed by atoms with Crippen LogP contribution < -0.4 is 10.1 Å². The van der Waals surface area contributed by atoms with Crippen molar-refractivity contribution in [1.82, 2.24) is 0 Å². The van der Waals surface area contributed by atoms with Crippen LogP contribution in [0.1, 0.15) is 52.7 Å². The maximum Gasteiger partial charge on any atom is 0.337 e. The van der Waals surface area contributed by atoms with Crippen LogP contribution in [0.4, 0.5) is 5.69 Å². The number of benzene rings is 2. The van der Waals surface area contributed by atoms with Crippen LogP contribution >= 0.6 is 0 Å². The fourth-order valence-corrected chi connectivity index (χ4v) is 5.91. The average molecular weight is 374 g/mol. The molecule has 2 aliphatic carbocycles. The van der Waals surface area contributed by atoms with Gasteiger partial charge in [-0.1, -0.05) is 24.3 Å². The Morgan fingerprint density at radius 1 is 1.18 bits per heavy atom. The Hall–Kier alpha value is -3.00. The second kappa shape index (κ2) is 6.56. The van der Waals surface area contributed by atoms with Gasteiger partial charge in [0.2, 0.25) is 0 Å². The van der Waals surface area contributed by atoms with Crippen LogP contribution in [-0.2, 0) is 0 Å². The quantitative estimate of drug-likeness (QED) is 0.818. The summed E-state index contributed by atoms with van der Waals surface area (Å²) in [6.45, 7) is 0.0326. The first-order valence-electron chi connectivity index (χ1n) is 9.90. The molecule has 2 fully saturated rings. The number of ether oxygens (including phenoxy) is 1. The third kappa shape index (κ3) is 2.56. The lowest BCUT2D eigenvalue weighted by atomic mass is 9.67. The number of rotatable bonds is 4. The molecule has 1 heterocycles. The van der Waals surface area contributed by atoms with Crippen LogP contribution in [-0.4, -0.2) is 17.7 Å². The second-order valence-electron chi connectivity index (χ2n) is 8.15. The number of anilines is 1. The van der Waals surface area contributed by atoms with E-state index in [0.29, 0.717) is 35.0 Å². The van der Waals surface area contributed by atoms with Gasteiger partial charge >= 0.3 is 5.97 Å². The number of nitrogens with zero attached hydrogens (tertiary/aromatic N) is 1. The standard InChI is InChI=1S/C23H22N2O3/c24-10-11-28-16-8-6-13(7-9-16)21-20-15-5-4-14(12-15)19(20)17-2-1-3-18(23(26)27)22(17)25-21/h1-3,6-9,14-15,19-21,25H,4-5,11-12H2,(H,26,27)/t14-,15-,19-,20+,21-/m0/s1. The molecule has 5 nitrogen and oxygen atoms in total. The summed E-state index contributed by atoms with van der Waals surface area (Å²) in [5.41, 5.74) is 3.48. The molecule has 142 valence electrons. The molecule has 2 aromatic rings. The number of carboxylic acids is 1. The van der Waals surface area contributed by atoms with Gasteiger partial charge in [0.15, 0.2) is 6.61 Å². The number of nitriles is 1. The van der Waals surface area contributed by atoms with Crippen LogP contribution in [0.5, 0.6) is 5.75 Å². The summed E-state index contributed by atoms with van der Waals surface area (Å²) >= 11 is 0. The normalized spacial score (nSPS) is 29.3. The molecule has 0 saturated heterocycles. The van der Waals surface area contributed by atoms with Crippen LogP contribution in [0.15, 0.2) is 42.5 Å². The lowest BCUT2D eigenvalue weighted by molar-refractivity contribution is 0.0697. The Balaban J connectivity index is 1.56. The molecule has 2 N–H and O–H groups in total. The molecular formula is C23H22N2O3. The lowest BCUT2D eigenvalue weighted by Crippen LogP contribution is -2.36. The number of para-hydroxylation sites is 1. The van der Waals surface area contributed by atoms with Crippen LogP contribution in [0.3, 0.4) is 0 Å². The second-order valence-corrected chi connectivity index (χ2v) is 8.15. The minimum Gasteiger partial charge on any atom is -0.479 e. The minimum absolute atomic E-state index is 0.0326. The highest BCUT2D eigenvalue weighted by Gasteiger charge is 2.54. The molecule has 5 heteroatoms. The number of fused-ring (bicyclic) bond motifs is 7. The van der Waals surface area contributed by atoms with E-state index in [-0.39, 0.29) is 12.6 Å². The monoisotopic (exact) mass is 374 g/mol. The number of aromatic carboxylic acids is 1. The summed E-state index contributed by atoms with van der Waals surface area (Å²) < 4.78 is 5.38. The maximum atomic E-state index is 11.8. The molecule has 3 aliphatic rings. The van der Waals surface area contributed by atoms with Gasteiger partial charge < -0.3 is 15.2 Å². The van der Waals surface area contributed by atoms with E-state index in [4.69, 9.17) is 10.00 Å². The molecule has 5 atom stereocenters. The van der Waals surface area contributed by atoms with E-state index < -0.39 is 5.97 Å². The number of carboxylic acid groups (broad SMARTS) is 1. The van der Waals surface area contributed by atoms with Crippen molar-refractivity contribution in [3.63, 3.8) is 0 Å². The smallest absolute Gasteiger partial charge is 0.337 e. The first kappa shape index (κ1) is 17.1. The Morgan fingerprint density at radius 2 is 1.96 bits per heavy atom. The summed E-state index contributed by atoms with van der Waals surface area (Å²) in [6, 6.07) is 15.6. The molecule has 5 rings (SSSR count). The van der Waals surface area contributed by atoms with Crippen molar-refractivity contribution in [3.05, 3.63) is 59.2 Å². The van der Waals surface area contributed by atoms with E-state index in [9.17, 15) is 9.90 Å². The number of nitrogens with one attached hydrogen (secondary N) is 1. The Bertz CT molecular complexity index is 963. The Labute approximate surface area is 163 Å². The molecule has 28 heavy (non-hydrogen) atoms. The summed E-state index contributed by atoms with van der Waals surface area (Å²) in [6.07, 6.45) is 3.76. The van der Waals surface area contributed by atoms with Crippen LogP contribution in [0.2, 0.25) is 0 Å². The highest BCUT2D eigenvalue weighted by molar-refractivity contribution is 5.95. The van der Waals surface area contributed by atoms with Crippen molar-refractivity contribution in [2.24, 2.45) is 17.8 Å². The molecule has 1 aliphatic heterocycles. The fraction of sp³-hybridized carbons (Fsp3) is 0.391. The Kier molecular flexibility index (Phi) is 4.01. The van der Waals surface area contributed by atoms with Crippen molar-refractivity contribution < 1.29 is 14.6 Å². The molecule has 0 radical (unpaired) electrons. The predicted octanol–water partition coefficient (Wildman–Crippen LogP) is 4.58. The summed E-state index contributed by atoms with van der Waals surface area (Å²) in [5, 5.41) is 22.0. The van der Waals surface area contributed by atoms with E-state index in [1.54, 1.807) is 6.07 Å². The largest absolute Gasteiger partial charge is 0.479 e. The van der Waals surface area contributed by atoms with E-state index in [1.807, 2.05) is 36.4 Å². The van der Waals surface area contributed by atoms with Gasteiger partial charge in [0.05, 0.1) is 17.3 Å². The van der Waals surface area contributed by atoms with Crippen molar-refractivity contribution in [1.29, 1.82) is 5.26 Å². The summed E-state index contributed by atoms with van der Waals surface area (Å²) in [5.74, 6) is 2.04. The molecule has 0 aromatic heterocycles. The van der Waals surface area contributed by atoms with Gasteiger partial charge in [0.25, 0.3) is 0 Å². The number of hydrogen-bond donors (Lipinski definition) is 2. The highest BCUT2D eigenvalue weighted by Crippen LogP contribution is 2.64. The minimum atomic E-state index is -0.884.